The van der Waals surface area contributed by atoms with E-state index in [0.717, 1.165) is 45.3 Å². The normalized spacial score (nSPS) is 11.0. The van der Waals surface area contributed by atoms with Crippen LogP contribution >= 0.6 is 0 Å². The van der Waals surface area contributed by atoms with Crippen LogP contribution in [0.4, 0.5) is 0 Å². The predicted octanol–water partition coefficient (Wildman–Crippen LogP) is 5.67. The van der Waals surface area contributed by atoms with Gasteiger partial charge in [0.2, 0.25) is 5.78 Å². The van der Waals surface area contributed by atoms with Gasteiger partial charge in [-0.3, -0.25) is 4.40 Å². The van der Waals surface area contributed by atoms with Gasteiger partial charge in [0.15, 0.2) is 0 Å². The summed E-state index contributed by atoms with van der Waals surface area (Å²) in [5, 5.41) is 0. The van der Waals surface area contributed by atoms with Crippen molar-refractivity contribution in [3.8, 4) is 39.5 Å². The van der Waals surface area contributed by atoms with Crippen LogP contribution in [0.1, 0.15) is 0 Å². The first-order valence-corrected chi connectivity index (χ1v) is 9.20. The van der Waals surface area contributed by atoms with Gasteiger partial charge in [-0.15, -0.1) is 0 Å². The number of nitrogens with one attached hydrogen (secondary N) is 1. The zero-order valence-corrected chi connectivity index (χ0v) is 15.5. The van der Waals surface area contributed by atoms with Gasteiger partial charge >= 0.3 is 0 Å². The molecule has 2 heterocycles. The molecule has 0 aliphatic rings. The number of ether oxygens (including phenoxy) is 1. The van der Waals surface area contributed by atoms with Crippen LogP contribution in [0.3, 0.4) is 0 Å². The number of imidazole rings is 2. The van der Waals surface area contributed by atoms with E-state index in [9.17, 15) is 0 Å². The van der Waals surface area contributed by atoms with Crippen LogP contribution in [0.5, 0.6) is 5.75 Å². The van der Waals surface area contributed by atoms with Crippen LogP contribution in [-0.4, -0.2) is 21.5 Å². The Kier molecular flexibility index (Phi) is 3.95. The lowest BCUT2D eigenvalue weighted by molar-refractivity contribution is 0.415. The lowest BCUT2D eigenvalue weighted by Crippen LogP contribution is -1.87. The van der Waals surface area contributed by atoms with E-state index in [2.05, 4.69) is 52.0 Å². The zero-order chi connectivity index (χ0) is 18.9. The second kappa shape index (κ2) is 6.74. The van der Waals surface area contributed by atoms with Crippen molar-refractivity contribution < 1.29 is 4.74 Å². The molecule has 0 radical (unpaired) electrons. The molecule has 1 N–H and O–H groups in total. The molecule has 0 saturated carbocycles. The number of aromatic nitrogens is 3. The lowest BCUT2D eigenvalue weighted by Gasteiger charge is -2.05. The molecule has 28 heavy (non-hydrogen) atoms. The van der Waals surface area contributed by atoms with Crippen molar-refractivity contribution in [1.82, 2.24) is 14.4 Å². The maximum Gasteiger partial charge on any atom is 0.212 e. The number of nitrogens with zero attached hydrogens (tertiary/aromatic N) is 2. The number of benzene rings is 3. The molecule has 5 rings (SSSR count). The van der Waals surface area contributed by atoms with Crippen molar-refractivity contribution in [1.29, 1.82) is 0 Å². The van der Waals surface area contributed by atoms with Crippen LogP contribution in [0.2, 0.25) is 0 Å². The quantitative estimate of drug-likeness (QED) is 0.446. The first kappa shape index (κ1) is 16.4. The largest absolute Gasteiger partial charge is 0.497 e. The Hall–Kier alpha value is -3.79. The number of methoxy groups -OCH3 is 1. The average Bonchev–Trinajstić information content (AvgIpc) is 3.33. The van der Waals surface area contributed by atoms with Crippen LogP contribution in [0.25, 0.3) is 39.5 Å². The van der Waals surface area contributed by atoms with Gasteiger partial charge in [0, 0.05) is 17.3 Å². The summed E-state index contributed by atoms with van der Waals surface area (Å²) >= 11 is 0. The summed E-state index contributed by atoms with van der Waals surface area (Å²) in [6.45, 7) is 0. The second-order valence-electron chi connectivity index (χ2n) is 6.63. The van der Waals surface area contributed by atoms with Gasteiger partial charge in [-0.25, -0.2) is 4.98 Å². The Morgan fingerprint density at radius 1 is 0.750 bits per heavy atom. The molecule has 2 aromatic heterocycles. The fourth-order valence-corrected chi connectivity index (χ4v) is 3.51. The van der Waals surface area contributed by atoms with E-state index in [1.165, 1.54) is 0 Å². The van der Waals surface area contributed by atoms with Crippen molar-refractivity contribution in [3.63, 3.8) is 0 Å². The Morgan fingerprint density at radius 3 is 2.04 bits per heavy atom. The van der Waals surface area contributed by atoms with Gasteiger partial charge in [-0.05, 0) is 29.8 Å². The lowest BCUT2D eigenvalue weighted by atomic mass is 10.0. The van der Waals surface area contributed by atoms with Crippen molar-refractivity contribution in [3.05, 3.63) is 91.1 Å². The van der Waals surface area contributed by atoms with E-state index in [0.29, 0.717) is 0 Å². The van der Waals surface area contributed by atoms with Crippen molar-refractivity contribution in [2.45, 2.75) is 0 Å². The van der Waals surface area contributed by atoms with Crippen LogP contribution in [-0.2, 0) is 0 Å². The highest BCUT2D eigenvalue weighted by atomic mass is 16.5. The second-order valence-corrected chi connectivity index (χ2v) is 6.63. The summed E-state index contributed by atoms with van der Waals surface area (Å²) in [6, 6.07) is 28.7. The number of fused-ring (bicyclic) bond motifs is 1. The van der Waals surface area contributed by atoms with Crippen molar-refractivity contribution in [2.24, 2.45) is 0 Å². The molecule has 0 spiro atoms. The van der Waals surface area contributed by atoms with Gasteiger partial charge < -0.3 is 9.72 Å². The molecule has 0 unspecified atom stereocenters. The zero-order valence-electron chi connectivity index (χ0n) is 15.5. The Balaban J connectivity index is 1.70. The fourth-order valence-electron chi connectivity index (χ4n) is 3.51. The van der Waals surface area contributed by atoms with E-state index in [-0.39, 0.29) is 0 Å². The van der Waals surface area contributed by atoms with E-state index in [4.69, 9.17) is 9.72 Å². The van der Waals surface area contributed by atoms with Crippen LogP contribution in [0.15, 0.2) is 91.1 Å². The molecular formula is C24H19N3O. The summed E-state index contributed by atoms with van der Waals surface area (Å²) in [6.07, 6.45) is 2.11. The minimum Gasteiger partial charge on any atom is -0.497 e. The highest BCUT2D eigenvalue weighted by Crippen LogP contribution is 2.34. The molecule has 0 aliphatic carbocycles. The molecule has 4 nitrogen and oxygen atoms in total. The standard InChI is InChI=1S/C24H19N3O/c1-28-20-14-12-17(13-15-20)21-16-27-23(19-10-6-3-7-11-19)22(26-24(27)25-21)18-8-4-2-5-9-18/h2-16H,1H3,(H,25,26). The minimum atomic E-state index is 0.823. The van der Waals surface area contributed by atoms with Gasteiger partial charge in [0.1, 0.15) is 5.75 Å². The molecule has 0 atom stereocenters. The van der Waals surface area contributed by atoms with Gasteiger partial charge in [0.25, 0.3) is 0 Å². The third-order valence-corrected chi connectivity index (χ3v) is 4.91. The number of hydrogen-bond donors (Lipinski definition) is 1. The molecule has 0 aliphatic heterocycles. The highest BCUT2D eigenvalue weighted by molar-refractivity contribution is 5.82. The third kappa shape index (κ3) is 2.76. The Labute approximate surface area is 163 Å². The number of rotatable bonds is 4. The topological polar surface area (TPSA) is 42.3 Å². The maximum absolute atomic E-state index is 5.26. The van der Waals surface area contributed by atoms with Crippen LogP contribution in [0, 0.1) is 0 Å². The molecule has 0 bridgehead atoms. The highest BCUT2D eigenvalue weighted by Gasteiger charge is 2.18. The Bertz CT molecular complexity index is 1220. The first-order chi connectivity index (χ1) is 13.8. The van der Waals surface area contributed by atoms with E-state index in [1.54, 1.807) is 7.11 Å². The Morgan fingerprint density at radius 2 is 1.39 bits per heavy atom. The summed E-state index contributed by atoms with van der Waals surface area (Å²) in [7, 11) is 1.68. The predicted molar refractivity (Wildman–Crippen MR) is 112 cm³/mol. The molecular weight excluding hydrogens is 346 g/mol. The maximum atomic E-state index is 5.26. The summed E-state index contributed by atoms with van der Waals surface area (Å²) in [4.78, 5) is 8.38. The van der Waals surface area contributed by atoms with Gasteiger partial charge in [0.05, 0.1) is 24.2 Å². The number of hydrogen-bond acceptors (Lipinski definition) is 2. The monoisotopic (exact) mass is 365 g/mol. The number of aromatic amines is 1. The van der Waals surface area contributed by atoms with E-state index < -0.39 is 0 Å². The molecule has 5 aromatic rings. The summed E-state index contributed by atoms with van der Waals surface area (Å²) in [5.41, 5.74) is 6.39. The first-order valence-electron chi connectivity index (χ1n) is 9.20. The van der Waals surface area contributed by atoms with Crippen molar-refractivity contribution >= 4 is 5.78 Å². The molecule has 3 aromatic carbocycles. The van der Waals surface area contributed by atoms with Crippen molar-refractivity contribution in [2.75, 3.05) is 7.11 Å². The molecule has 4 heteroatoms. The molecule has 0 saturated heterocycles. The summed E-state index contributed by atoms with van der Waals surface area (Å²) < 4.78 is 7.40. The smallest absolute Gasteiger partial charge is 0.212 e. The average molecular weight is 365 g/mol. The molecule has 0 fully saturated rings. The fraction of sp³-hybridized carbons (Fsp3) is 0.0417. The van der Waals surface area contributed by atoms with Gasteiger partial charge in [-0.2, -0.15) is 0 Å². The number of H-pyrrole nitrogens is 1. The minimum absolute atomic E-state index is 0.823. The third-order valence-electron chi connectivity index (χ3n) is 4.91. The molecule has 136 valence electrons. The summed E-state index contributed by atoms with van der Waals surface area (Å²) in [5.74, 6) is 1.67. The van der Waals surface area contributed by atoms with E-state index in [1.807, 2.05) is 48.5 Å². The van der Waals surface area contributed by atoms with E-state index >= 15 is 0 Å². The van der Waals surface area contributed by atoms with Gasteiger partial charge in [-0.1, -0.05) is 60.7 Å². The molecule has 0 amide bonds. The van der Waals surface area contributed by atoms with Crippen LogP contribution < -0.4 is 4.74 Å². The SMILES string of the molecule is COc1ccc(-c2cn3c(-c4ccccc4)c(-c4ccccc4)nc3[nH]2)cc1.